The molecule has 1 N–H and O–H groups in total. The lowest BCUT2D eigenvalue weighted by Crippen LogP contribution is -2.10. The van der Waals surface area contributed by atoms with Crippen LogP contribution in [0.2, 0.25) is 5.02 Å². The smallest absolute Gasteiger partial charge is 0.322 e. The van der Waals surface area contributed by atoms with Gasteiger partial charge in [0.15, 0.2) is 5.76 Å². The number of anilines is 1. The first kappa shape index (κ1) is 14.0. The van der Waals surface area contributed by atoms with Crippen LogP contribution in [0.1, 0.15) is 9.67 Å². The molecule has 6 nitrogen and oxygen atoms in total. The number of fused-ring (bicyclic) bond motifs is 1. The number of rotatable bonds is 3. The van der Waals surface area contributed by atoms with Gasteiger partial charge in [0, 0.05) is 10.1 Å². The maximum Gasteiger partial charge on any atom is 0.322 e. The number of hydrogen-bond acceptors (Lipinski definition) is 6. The molecule has 1 amide bonds. The fraction of sp³-hybridized carbons (Fsp3) is 0. The zero-order valence-electron chi connectivity index (χ0n) is 11.4. The van der Waals surface area contributed by atoms with Gasteiger partial charge in [-0.25, -0.2) is 0 Å². The van der Waals surface area contributed by atoms with E-state index in [1.807, 2.05) is 24.3 Å². The molecule has 3 aromatic heterocycles. The largest absolute Gasteiger partial charge is 0.459 e. The van der Waals surface area contributed by atoms with Crippen molar-refractivity contribution in [1.82, 2.24) is 10.2 Å². The van der Waals surface area contributed by atoms with E-state index in [4.69, 9.17) is 20.4 Å². The van der Waals surface area contributed by atoms with Gasteiger partial charge in [0.05, 0.1) is 11.3 Å². The molecule has 0 unspecified atom stereocenters. The molecule has 0 saturated heterocycles. The molecule has 0 saturated carbocycles. The summed E-state index contributed by atoms with van der Waals surface area (Å²) >= 11 is 7.58. The van der Waals surface area contributed by atoms with Gasteiger partial charge in [0.25, 0.3) is 11.8 Å². The molecule has 23 heavy (non-hydrogen) atoms. The number of aromatic nitrogens is 2. The van der Waals surface area contributed by atoms with Crippen molar-refractivity contribution in [3.8, 4) is 11.7 Å². The van der Waals surface area contributed by atoms with E-state index >= 15 is 0 Å². The van der Waals surface area contributed by atoms with Crippen molar-refractivity contribution in [1.29, 1.82) is 0 Å². The van der Waals surface area contributed by atoms with E-state index in [-0.39, 0.29) is 11.9 Å². The van der Waals surface area contributed by atoms with Crippen LogP contribution >= 0.6 is 22.9 Å². The van der Waals surface area contributed by atoms with Gasteiger partial charge in [0.2, 0.25) is 0 Å². The van der Waals surface area contributed by atoms with Crippen molar-refractivity contribution in [3.05, 3.63) is 52.6 Å². The van der Waals surface area contributed by atoms with Gasteiger partial charge in [-0.15, -0.1) is 16.4 Å². The molecule has 114 valence electrons. The number of benzene rings is 1. The molecule has 0 aliphatic carbocycles. The van der Waals surface area contributed by atoms with Crippen LogP contribution in [0.5, 0.6) is 0 Å². The van der Waals surface area contributed by atoms with Crippen LogP contribution in [0.3, 0.4) is 0 Å². The van der Waals surface area contributed by atoms with E-state index in [0.717, 1.165) is 10.1 Å². The number of furan rings is 1. The van der Waals surface area contributed by atoms with Gasteiger partial charge < -0.3 is 8.83 Å². The summed E-state index contributed by atoms with van der Waals surface area (Å²) in [6.07, 6.45) is 1.49. The standard InChI is InChI=1S/C15H8ClN3O3S/c16-11-8-4-1-2-6-10(8)23-12(11)13(20)17-15-19-18-14(22-15)9-5-3-7-21-9/h1-7H,(H,17,19,20). The Balaban J connectivity index is 1.61. The van der Waals surface area contributed by atoms with Crippen LogP contribution in [0, 0.1) is 0 Å². The molecule has 3 heterocycles. The molecular weight excluding hydrogens is 338 g/mol. The summed E-state index contributed by atoms with van der Waals surface area (Å²) in [5.74, 6) is 0.219. The highest BCUT2D eigenvalue weighted by molar-refractivity contribution is 7.21. The number of halogens is 1. The molecular formula is C15H8ClN3O3S. The molecule has 4 aromatic rings. The summed E-state index contributed by atoms with van der Waals surface area (Å²) in [6.45, 7) is 0. The molecule has 8 heteroatoms. The lowest BCUT2D eigenvalue weighted by molar-refractivity contribution is 0.102. The molecule has 0 bridgehead atoms. The number of carbonyl (C=O) groups excluding carboxylic acids is 1. The molecule has 4 rings (SSSR count). The Labute approximate surface area is 138 Å². The predicted octanol–water partition coefficient (Wildman–Crippen LogP) is 4.45. The number of nitrogens with one attached hydrogen (secondary N) is 1. The minimum absolute atomic E-state index is 0.0186. The van der Waals surface area contributed by atoms with Crippen molar-refractivity contribution >= 4 is 44.9 Å². The predicted molar refractivity (Wildman–Crippen MR) is 86.8 cm³/mol. The first-order valence-electron chi connectivity index (χ1n) is 6.58. The number of thiophene rings is 1. The lowest BCUT2D eigenvalue weighted by atomic mass is 10.2. The third kappa shape index (κ3) is 2.49. The maximum atomic E-state index is 12.4. The van der Waals surface area contributed by atoms with E-state index in [2.05, 4.69) is 15.5 Å². The zero-order chi connectivity index (χ0) is 15.8. The number of nitrogens with zero attached hydrogens (tertiary/aromatic N) is 2. The van der Waals surface area contributed by atoms with Crippen molar-refractivity contribution in [2.75, 3.05) is 5.32 Å². The number of hydrogen-bond donors (Lipinski definition) is 1. The topological polar surface area (TPSA) is 81.2 Å². The second-order valence-electron chi connectivity index (χ2n) is 4.59. The Hall–Kier alpha value is -2.64. The fourth-order valence-electron chi connectivity index (χ4n) is 2.09. The van der Waals surface area contributed by atoms with Crippen LogP contribution in [0.15, 0.2) is 51.5 Å². The molecule has 0 aliphatic heterocycles. The first-order chi connectivity index (χ1) is 11.2. The SMILES string of the molecule is O=C(Nc1nnc(-c2ccco2)o1)c1sc2ccccc2c1Cl. The molecule has 0 aliphatic rings. The monoisotopic (exact) mass is 345 g/mol. The normalized spacial score (nSPS) is 11.0. The minimum atomic E-state index is -0.397. The third-order valence-electron chi connectivity index (χ3n) is 3.12. The average Bonchev–Trinajstić information content (AvgIpc) is 3.27. The van der Waals surface area contributed by atoms with Crippen LogP contribution in [0.4, 0.5) is 6.01 Å². The summed E-state index contributed by atoms with van der Waals surface area (Å²) < 4.78 is 11.4. The highest BCUT2D eigenvalue weighted by atomic mass is 35.5. The van der Waals surface area contributed by atoms with Gasteiger partial charge in [-0.05, 0) is 18.2 Å². The second kappa shape index (κ2) is 5.53. The van der Waals surface area contributed by atoms with Gasteiger partial charge in [-0.1, -0.05) is 34.9 Å². The van der Waals surface area contributed by atoms with E-state index in [1.54, 1.807) is 12.1 Å². The minimum Gasteiger partial charge on any atom is -0.459 e. The Morgan fingerprint density at radius 1 is 1.17 bits per heavy atom. The number of carbonyl (C=O) groups is 1. The molecule has 0 atom stereocenters. The van der Waals surface area contributed by atoms with Gasteiger partial charge in [0.1, 0.15) is 4.88 Å². The Morgan fingerprint density at radius 3 is 2.83 bits per heavy atom. The number of amides is 1. The Morgan fingerprint density at radius 2 is 2.04 bits per heavy atom. The quantitative estimate of drug-likeness (QED) is 0.593. The van der Waals surface area contributed by atoms with Gasteiger partial charge in [-0.2, -0.15) is 0 Å². The van der Waals surface area contributed by atoms with Gasteiger partial charge >= 0.3 is 6.01 Å². The molecule has 0 fully saturated rings. The van der Waals surface area contributed by atoms with Crippen molar-refractivity contribution in [2.45, 2.75) is 0 Å². The van der Waals surface area contributed by atoms with Crippen molar-refractivity contribution < 1.29 is 13.6 Å². The van der Waals surface area contributed by atoms with E-state index in [1.165, 1.54) is 17.6 Å². The second-order valence-corrected chi connectivity index (χ2v) is 6.02. The van der Waals surface area contributed by atoms with E-state index < -0.39 is 5.91 Å². The lowest BCUT2D eigenvalue weighted by Gasteiger charge is -1.97. The third-order valence-corrected chi connectivity index (χ3v) is 4.79. The van der Waals surface area contributed by atoms with Crippen LogP contribution in [-0.4, -0.2) is 16.1 Å². The zero-order valence-corrected chi connectivity index (χ0v) is 13.0. The average molecular weight is 346 g/mol. The van der Waals surface area contributed by atoms with Crippen LogP contribution in [-0.2, 0) is 0 Å². The molecule has 0 spiro atoms. The summed E-state index contributed by atoms with van der Waals surface area (Å²) in [4.78, 5) is 12.8. The van der Waals surface area contributed by atoms with Crippen molar-refractivity contribution in [3.63, 3.8) is 0 Å². The fourth-order valence-corrected chi connectivity index (χ4v) is 3.50. The Kier molecular flexibility index (Phi) is 3.36. The van der Waals surface area contributed by atoms with E-state index in [0.29, 0.717) is 15.7 Å². The Bertz CT molecular complexity index is 991. The first-order valence-corrected chi connectivity index (χ1v) is 7.77. The van der Waals surface area contributed by atoms with Gasteiger partial charge in [-0.3, -0.25) is 10.1 Å². The molecule has 1 aromatic carbocycles. The summed E-state index contributed by atoms with van der Waals surface area (Å²) in [6, 6.07) is 10.9. The highest BCUT2D eigenvalue weighted by Gasteiger charge is 2.19. The van der Waals surface area contributed by atoms with E-state index in [9.17, 15) is 4.79 Å². The van der Waals surface area contributed by atoms with Crippen molar-refractivity contribution in [2.24, 2.45) is 0 Å². The summed E-state index contributed by atoms with van der Waals surface area (Å²) in [7, 11) is 0. The van der Waals surface area contributed by atoms with Crippen LogP contribution < -0.4 is 5.32 Å². The molecule has 0 radical (unpaired) electrons. The van der Waals surface area contributed by atoms with Crippen LogP contribution in [0.25, 0.3) is 21.7 Å². The highest BCUT2D eigenvalue weighted by Crippen LogP contribution is 2.35. The summed E-state index contributed by atoms with van der Waals surface area (Å²) in [5, 5.41) is 11.4. The summed E-state index contributed by atoms with van der Waals surface area (Å²) in [5.41, 5.74) is 0. The maximum absolute atomic E-state index is 12.4.